The fourth-order valence-corrected chi connectivity index (χ4v) is 2.49. The van der Waals surface area contributed by atoms with Gasteiger partial charge in [-0.2, -0.15) is 0 Å². The summed E-state index contributed by atoms with van der Waals surface area (Å²) in [5.74, 6) is 1.42. The van der Waals surface area contributed by atoms with Crippen molar-refractivity contribution in [3.8, 4) is 11.5 Å². The zero-order chi connectivity index (χ0) is 11.0. The Morgan fingerprint density at radius 3 is 3.00 bits per heavy atom. The Kier molecular flexibility index (Phi) is 2.28. The molecule has 0 saturated carbocycles. The molecule has 1 atom stereocenters. The van der Waals surface area contributed by atoms with Gasteiger partial charge in [-0.1, -0.05) is 6.07 Å². The molecule has 16 heavy (non-hydrogen) atoms. The van der Waals surface area contributed by atoms with Crippen LogP contribution in [0.1, 0.15) is 24.8 Å². The van der Waals surface area contributed by atoms with Crippen molar-refractivity contribution in [1.29, 1.82) is 0 Å². The van der Waals surface area contributed by atoms with E-state index in [1.54, 1.807) is 7.11 Å². The molecule has 0 amide bonds. The molecule has 2 aliphatic rings. The van der Waals surface area contributed by atoms with E-state index in [1.165, 1.54) is 5.56 Å². The van der Waals surface area contributed by atoms with E-state index in [2.05, 4.69) is 6.07 Å². The first-order valence-corrected chi connectivity index (χ1v) is 5.81. The summed E-state index contributed by atoms with van der Waals surface area (Å²) in [6, 6.07) is 6.02. The van der Waals surface area contributed by atoms with E-state index in [0.29, 0.717) is 0 Å². The second-order valence-corrected chi connectivity index (χ2v) is 4.44. The third-order valence-corrected chi connectivity index (χ3v) is 3.41. The van der Waals surface area contributed by atoms with Gasteiger partial charge in [-0.3, -0.25) is 0 Å². The van der Waals surface area contributed by atoms with Crippen LogP contribution in [0, 0.1) is 0 Å². The number of ether oxygens (including phenoxy) is 3. The van der Waals surface area contributed by atoms with E-state index in [9.17, 15) is 0 Å². The fourth-order valence-electron chi connectivity index (χ4n) is 2.49. The number of fused-ring (bicyclic) bond motifs is 1. The highest BCUT2D eigenvalue weighted by Crippen LogP contribution is 2.40. The largest absolute Gasteiger partial charge is 0.497 e. The van der Waals surface area contributed by atoms with Crippen molar-refractivity contribution in [2.45, 2.75) is 31.5 Å². The average Bonchev–Trinajstić information content (AvgIpc) is 2.76. The van der Waals surface area contributed by atoms with Crippen molar-refractivity contribution < 1.29 is 14.2 Å². The van der Waals surface area contributed by atoms with Crippen molar-refractivity contribution in [2.75, 3.05) is 13.7 Å². The fraction of sp³-hybridized carbons (Fsp3) is 0.538. The summed E-state index contributed by atoms with van der Waals surface area (Å²) in [4.78, 5) is 0. The molecule has 0 aromatic heterocycles. The van der Waals surface area contributed by atoms with Gasteiger partial charge < -0.3 is 14.2 Å². The first-order chi connectivity index (χ1) is 7.81. The molecule has 0 N–H and O–H groups in total. The maximum Gasteiger partial charge on any atom is 0.210 e. The van der Waals surface area contributed by atoms with Crippen LogP contribution in [-0.2, 0) is 11.2 Å². The maximum atomic E-state index is 6.02. The van der Waals surface area contributed by atoms with Gasteiger partial charge in [0.05, 0.1) is 13.7 Å². The number of hydrogen-bond acceptors (Lipinski definition) is 3. The quantitative estimate of drug-likeness (QED) is 0.728. The normalized spacial score (nSPS) is 27.6. The average molecular weight is 220 g/mol. The predicted molar refractivity (Wildman–Crippen MR) is 59.9 cm³/mol. The number of aryl methyl sites for hydroxylation is 1. The van der Waals surface area contributed by atoms with E-state index in [1.807, 2.05) is 12.1 Å². The maximum absolute atomic E-state index is 6.02. The highest BCUT2D eigenvalue weighted by molar-refractivity contribution is 5.42. The minimum atomic E-state index is -0.348. The predicted octanol–water partition coefficient (Wildman–Crippen LogP) is 2.53. The first-order valence-electron chi connectivity index (χ1n) is 5.81. The summed E-state index contributed by atoms with van der Waals surface area (Å²) >= 11 is 0. The van der Waals surface area contributed by atoms with Crippen LogP contribution in [0.25, 0.3) is 0 Å². The van der Waals surface area contributed by atoms with Crippen LogP contribution < -0.4 is 9.47 Å². The third kappa shape index (κ3) is 1.55. The summed E-state index contributed by atoms with van der Waals surface area (Å²) < 4.78 is 17.0. The molecular weight excluding hydrogens is 204 g/mol. The molecule has 3 rings (SSSR count). The summed E-state index contributed by atoms with van der Waals surface area (Å²) in [5, 5.41) is 0. The molecule has 0 aliphatic carbocycles. The van der Waals surface area contributed by atoms with Crippen molar-refractivity contribution in [3.05, 3.63) is 23.8 Å². The van der Waals surface area contributed by atoms with Gasteiger partial charge in [-0.15, -0.1) is 0 Å². The van der Waals surface area contributed by atoms with E-state index in [4.69, 9.17) is 14.2 Å². The van der Waals surface area contributed by atoms with Crippen LogP contribution in [-0.4, -0.2) is 19.5 Å². The minimum Gasteiger partial charge on any atom is -0.497 e. The first kappa shape index (κ1) is 9.97. The molecule has 1 fully saturated rings. The molecule has 0 bridgehead atoms. The van der Waals surface area contributed by atoms with Crippen LogP contribution in [0.3, 0.4) is 0 Å². The molecule has 2 aliphatic heterocycles. The molecule has 86 valence electrons. The van der Waals surface area contributed by atoms with Gasteiger partial charge in [0.1, 0.15) is 11.5 Å². The molecule has 3 heteroatoms. The number of benzene rings is 1. The number of methoxy groups -OCH3 is 1. The van der Waals surface area contributed by atoms with Crippen molar-refractivity contribution >= 4 is 0 Å². The number of rotatable bonds is 1. The van der Waals surface area contributed by atoms with Crippen molar-refractivity contribution in [2.24, 2.45) is 0 Å². The Balaban J connectivity index is 1.91. The lowest BCUT2D eigenvalue weighted by Gasteiger charge is -2.34. The Hall–Kier alpha value is -1.22. The van der Waals surface area contributed by atoms with Crippen LogP contribution in [0.4, 0.5) is 0 Å². The lowest BCUT2D eigenvalue weighted by molar-refractivity contribution is -0.160. The standard InChI is InChI=1S/C13H16O3/c1-14-11-4-3-10-5-7-13(6-2-8-15-13)16-12(10)9-11/h3-4,9H,2,5-8H2,1H3/t13-/m1/s1. The molecule has 1 aromatic rings. The lowest BCUT2D eigenvalue weighted by Crippen LogP contribution is -2.38. The summed E-state index contributed by atoms with van der Waals surface area (Å²) in [7, 11) is 1.67. The van der Waals surface area contributed by atoms with E-state index >= 15 is 0 Å². The van der Waals surface area contributed by atoms with Crippen molar-refractivity contribution in [1.82, 2.24) is 0 Å². The minimum absolute atomic E-state index is 0.348. The van der Waals surface area contributed by atoms with E-state index in [-0.39, 0.29) is 5.79 Å². The second kappa shape index (κ2) is 3.67. The Labute approximate surface area is 95.3 Å². The van der Waals surface area contributed by atoms with Crippen molar-refractivity contribution in [3.63, 3.8) is 0 Å². The Morgan fingerprint density at radius 2 is 2.25 bits per heavy atom. The second-order valence-electron chi connectivity index (χ2n) is 4.44. The molecule has 0 unspecified atom stereocenters. The summed E-state index contributed by atoms with van der Waals surface area (Å²) in [6.07, 6.45) is 4.09. The summed E-state index contributed by atoms with van der Waals surface area (Å²) in [5.41, 5.74) is 1.25. The van der Waals surface area contributed by atoms with Crippen LogP contribution in [0.2, 0.25) is 0 Å². The Bertz CT molecular complexity index is 394. The molecule has 1 aromatic carbocycles. The zero-order valence-corrected chi connectivity index (χ0v) is 9.49. The molecule has 1 spiro atoms. The van der Waals surface area contributed by atoms with Gasteiger partial charge in [0.15, 0.2) is 0 Å². The lowest BCUT2D eigenvalue weighted by atomic mass is 9.98. The van der Waals surface area contributed by atoms with Crippen LogP contribution in [0.5, 0.6) is 11.5 Å². The Morgan fingerprint density at radius 1 is 1.31 bits per heavy atom. The monoisotopic (exact) mass is 220 g/mol. The van der Waals surface area contributed by atoms with Gasteiger partial charge in [-0.25, -0.2) is 0 Å². The van der Waals surface area contributed by atoms with E-state index < -0.39 is 0 Å². The zero-order valence-electron chi connectivity index (χ0n) is 9.49. The highest BCUT2D eigenvalue weighted by Gasteiger charge is 2.40. The van der Waals surface area contributed by atoms with Gasteiger partial charge in [0.2, 0.25) is 5.79 Å². The highest BCUT2D eigenvalue weighted by atomic mass is 16.7. The van der Waals surface area contributed by atoms with Gasteiger partial charge >= 0.3 is 0 Å². The molecule has 0 radical (unpaired) electrons. The van der Waals surface area contributed by atoms with Crippen LogP contribution in [0.15, 0.2) is 18.2 Å². The smallest absolute Gasteiger partial charge is 0.210 e. The third-order valence-electron chi connectivity index (χ3n) is 3.41. The van der Waals surface area contributed by atoms with Gasteiger partial charge in [-0.05, 0) is 24.5 Å². The molecule has 1 saturated heterocycles. The number of hydrogen-bond donors (Lipinski definition) is 0. The summed E-state index contributed by atoms with van der Waals surface area (Å²) in [6.45, 7) is 0.819. The SMILES string of the molecule is COc1ccc2c(c1)O[C@]1(CCCO1)CC2. The van der Waals surface area contributed by atoms with Gasteiger partial charge in [0, 0.05) is 18.9 Å². The molecule has 2 heterocycles. The van der Waals surface area contributed by atoms with E-state index in [0.717, 1.165) is 43.8 Å². The molecule has 3 nitrogen and oxygen atoms in total. The molecular formula is C13H16O3. The van der Waals surface area contributed by atoms with Crippen LogP contribution >= 0.6 is 0 Å². The topological polar surface area (TPSA) is 27.7 Å². The van der Waals surface area contributed by atoms with Gasteiger partial charge in [0.25, 0.3) is 0 Å².